The number of aliphatic hydroxyl groups is 2. The van der Waals surface area contributed by atoms with Crippen LogP contribution >= 0.6 is 0 Å². The Labute approximate surface area is 89.2 Å². The van der Waals surface area contributed by atoms with Crippen LogP contribution in [0.2, 0.25) is 0 Å². The molecule has 1 saturated heterocycles. The first-order valence-electron chi connectivity index (χ1n) is 5.63. The van der Waals surface area contributed by atoms with Gasteiger partial charge in [0.05, 0.1) is 18.6 Å². The van der Waals surface area contributed by atoms with E-state index in [-0.39, 0.29) is 36.1 Å². The Hall–Kier alpha value is -0.610. The minimum absolute atomic E-state index is 0.0773. The molecule has 0 unspecified atom stereocenters. The number of esters is 1. The van der Waals surface area contributed by atoms with E-state index in [1.807, 2.05) is 0 Å². The summed E-state index contributed by atoms with van der Waals surface area (Å²) in [6.07, 6.45) is 1.68. The van der Waals surface area contributed by atoms with Gasteiger partial charge in [0.25, 0.3) is 0 Å². The third-order valence-corrected chi connectivity index (χ3v) is 3.60. The Morgan fingerprint density at radius 2 is 2.33 bits per heavy atom. The van der Waals surface area contributed by atoms with Crippen LogP contribution in [0.25, 0.3) is 0 Å². The molecule has 0 aromatic rings. The Bertz CT molecular complexity index is 251. The van der Waals surface area contributed by atoms with Gasteiger partial charge in [0.1, 0.15) is 6.10 Å². The van der Waals surface area contributed by atoms with Crippen molar-refractivity contribution in [2.24, 2.45) is 11.8 Å². The van der Waals surface area contributed by atoms with Crippen LogP contribution in [0.15, 0.2) is 0 Å². The Kier molecular flexibility index (Phi) is 2.98. The van der Waals surface area contributed by atoms with Crippen LogP contribution in [0.1, 0.15) is 32.6 Å². The highest BCUT2D eigenvalue weighted by atomic mass is 16.6. The SMILES string of the molecule is C[C@H](O)CC[C@@H]1[C@H]2CC(=O)O[C@H]2C[C@H]1O. The normalized spacial score (nSPS) is 41.4. The molecule has 2 aliphatic rings. The van der Waals surface area contributed by atoms with Crippen LogP contribution in [0.3, 0.4) is 0 Å². The van der Waals surface area contributed by atoms with Crippen molar-refractivity contribution in [2.45, 2.75) is 50.9 Å². The summed E-state index contributed by atoms with van der Waals surface area (Å²) in [5, 5.41) is 19.0. The molecule has 0 spiro atoms. The molecule has 86 valence electrons. The van der Waals surface area contributed by atoms with Crippen molar-refractivity contribution in [3.63, 3.8) is 0 Å². The topological polar surface area (TPSA) is 66.8 Å². The molecule has 0 bridgehead atoms. The number of hydrogen-bond acceptors (Lipinski definition) is 4. The molecule has 2 N–H and O–H groups in total. The summed E-state index contributed by atoms with van der Waals surface area (Å²) >= 11 is 0. The fourth-order valence-corrected chi connectivity index (χ4v) is 2.82. The number of hydrogen-bond donors (Lipinski definition) is 2. The average molecular weight is 214 g/mol. The maximum atomic E-state index is 11.1. The second-order valence-electron chi connectivity index (χ2n) is 4.79. The molecule has 5 atom stereocenters. The first-order chi connectivity index (χ1) is 7.08. The van der Waals surface area contributed by atoms with E-state index in [0.29, 0.717) is 19.3 Å². The molecule has 1 aliphatic heterocycles. The first-order valence-corrected chi connectivity index (χ1v) is 5.63. The van der Waals surface area contributed by atoms with E-state index < -0.39 is 0 Å². The standard InChI is InChI=1S/C11H18O4/c1-6(12)2-3-7-8-4-11(14)15-10(8)5-9(7)13/h6-10,12-13H,2-5H2,1H3/t6-,7+,8+,9+,10-/m0/s1. The predicted octanol–water partition coefficient (Wildman–Crippen LogP) is 0.460. The zero-order chi connectivity index (χ0) is 11.0. The summed E-state index contributed by atoms with van der Waals surface area (Å²) < 4.78 is 5.13. The van der Waals surface area contributed by atoms with E-state index in [9.17, 15) is 15.0 Å². The fraction of sp³-hybridized carbons (Fsp3) is 0.909. The van der Waals surface area contributed by atoms with E-state index in [2.05, 4.69) is 0 Å². The molecule has 0 radical (unpaired) electrons. The van der Waals surface area contributed by atoms with Crippen LogP contribution in [-0.4, -0.2) is 34.5 Å². The van der Waals surface area contributed by atoms with Crippen molar-refractivity contribution in [1.29, 1.82) is 0 Å². The Balaban J connectivity index is 1.94. The highest BCUT2D eigenvalue weighted by molar-refractivity contribution is 5.72. The van der Waals surface area contributed by atoms with E-state index >= 15 is 0 Å². The van der Waals surface area contributed by atoms with Crippen molar-refractivity contribution in [2.75, 3.05) is 0 Å². The number of carbonyl (C=O) groups excluding carboxylic acids is 1. The highest BCUT2D eigenvalue weighted by Crippen LogP contribution is 2.43. The zero-order valence-electron chi connectivity index (χ0n) is 8.93. The number of carbonyl (C=O) groups is 1. The first kappa shape index (κ1) is 10.9. The molecule has 4 nitrogen and oxygen atoms in total. The quantitative estimate of drug-likeness (QED) is 0.670. The van der Waals surface area contributed by atoms with Crippen LogP contribution in [0, 0.1) is 11.8 Å². The van der Waals surface area contributed by atoms with Crippen molar-refractivity contribution in [1.82, 2.24) is 0 Å². The van der Waals surface area contributed by atoms with Crippen LogP contribution in [-0.2, 0) is 9.53 Å². The average Bonchev–Trinajstić information content (AvgIpc) is 2.57. The lowest BCUT2D eigenvalue weighted by atomic mass is 9.87. The molecular formula is C11H18O4. The van der Waals surface area contributed by atoms with Crippen LogP contribution in [0.4, 0.5) is 0 Å². The maximum Gasteiger partial charge on any atom is 0.306 e. The molecule has 1 saturated carbocycles. The van der Waals surface area contributed by atoms with Crippen LogP contribution < -0.4 is 0 Å². The van der Waals surface area contributed by atoms with E-state index in [1.165, 1.54) is 0 Å². The number of ether oxygens (including phenoxy) is 1. The minimum Gasteiger partial charge on any atom is -0.462 e. The van der Waals surface area contributed by atoms with Gasteiger partial charge < -0.3 is 14.9 Å². The largest absolute Gasteiger partial charge is 0.462 e. The molecule has 4 heteroatoms. The Morgan fingerprint density at radius 3 is 3.00 bits per heavy atom. The van der Waals surface area contributed by atoms with Gasteiger partial charge in [-0.25, -0.2) is 0 Å². The van der Waals surface area contributed by atoms with Crippen molar-refractivity contribution in [3.05, 3.63) is 0 Å². The second-order valence-corrected chi connectivity index (χ2v) is 4.79. The summed E-state index contributed by atoms with van der Waals surface area (Å²) in [6, 6.07) is 0. The Morgan fingerprint density at radius 1 is 1.60 bits per heavy atom. The monoisotopic (exact) mass is 214 g/mol. The number of aliphatic hydroxyl groups excluding tert-OH is 2. The molecule has 2 rings (SSSR count). The van der Waals surface area contributed by atoms with E-state index in [0.717, 1.165) is 6.42 Å². The fourth-order valence-electron chi connectivity index (χ4n) is 2.82. The summed E-state index contributed by atoms with van der Waals surface area (Å²) in [4.78, 5) is 11.1. The predicted molar refractivity (Wildman–Crippen MR) is 53.0 cm³/mol. The van der Waals surface area contributed by atoms with E-state index in [4.69, 9.17) is 4.74 Å². The molecule has 1 aliphatic carbocycles. The van der Waals surface area contributed by atoms with Gasteiger partial charge in [0.2, 0.25) is 0 Å². The molecule has 15 heavy (non-hydrogen) atoms. The summed E-state index contributed by atoms with van der Waals surface area (Å²) in [5.74, 6) is 0.154. The maximum absolute atomic E-state index is 11.1. The molecular weight excluding hydrogens is 196 g/mol. The number of fused-ring (bicyclic) bond motifs is 1. The molecule has 2 fully saturated rings. The third-order valence-electron chi connectivity index (χ3n) is 3.60. The van der Waals surface area contributed by atoms with Gasteiger partial charge in [0, 0.05) is 12.3 Å². The van der Waals surface area contributed by atoms with Gasteiger partial charge in [-0.15, -0.1) is 0 Å². The minimum atomic E-state index is -0.369. The summed E-state index contributed by atoms with van der Waals surface area (Å²) in [6.45, 7) is 1.75. The van der Waals surface area contributed by atoms with Gasteiger partial charge in [-0.2, -0.15) is 0 Å². The molecule has 0 amide bonds. The van der Waals surface area contributed by atoms with Gasteiger partial charge in [-0.1, -0.05) is 0 Å². The van der Waals surface area contributed by atoms with Crippen molar-refractivity contribution < 1.29 is 19.7 Å². The molecule has 0 aromatic carbocycles. The summed E-state index contributed by atoms with van der Waals surface area (Å²) in [5.41, 5.74) is 0. The van der Waals surface area contributed by atoms with Gasteiger partial charge in [0.15, 0.2) is 0 Å². The number of rotatable bonds is 3. The molecule has 0 aromatic heterocycles. The lowest BCUT2D eigenvalue weighted by Crippen LogP contribution is -2.21. The lowest BCUT2D eigenvalue weighted by Gasteiger charge is -2.19. The second kappa shape index (κ2) is 4.10. The highest BCUT2D eigenvalue weighted by Gasteiger charge is 2.49. The van der Waals surface area contributed by atoms with Crippen molar-refractivity contribution in [3.8, 4) is 0 Å². The third kappa shape index (κ3) is 2.16. The van der Waals surface area contributed by atoms with Gasteiger partial charge in [-0.05, 0) is 25.7 Å². The summed E-state index contributed by atoms with van der Waals surface area (Å²) in [7, 11) is 0. The van der Waals surface area contributed by atoms with Crippen molar-refractivity contribution >= 4 is 5.97 Å². The lowest BCUT2D eigenvalue weighted by molar-refractivity contribution is -0.141. The van der Waals surface area contributed by atoms with Crippen LogP contribution in [0.5, 0.6) is 0 Å². The zero-order valence-corrected chi connectivity index (χ0v) is 8.93. The van der Waals surface area contributed by atoms with Gasteiger partial charge in [-0.3, -0.25) is 4.79 Å². The molecule has 1 heterocycles. The van der Waals surface area contributed by atoms with E-state index in [1.54, 1.807) is 6.92 Å². The van der Waals surface area contributed by atoms with Gasteiger partial charge >= 0.3 is 5.97 Å². The smallest absolute Gasteiger partial charge is 0.306 e.